The van der Waals surface area contributed by atoms with Crippen LogP contribution in [0.15, 0.2) is 17.5 Å². The summed E-state index contributed by atoms with van der Waals surface area (Å²) >= 11 is 3.36. The Kier molecular flexibility index (Phi) is 6.25. The number of aromatic nitrogens is 1. The number of nitrogens with one attached hydrogen (secondary N) is 1. The summed E-state index contributed by atoms with van der Waals surface area (Å²) in [5, 5.41) is 6.33. The van der Waals surface area contributed by atoms with E-state index in [0.717, 1.165) is 41.8 Å². The molecule has 1 N–H and O–H groups in total. The Labute approximate surface area is 158 Å². The van der Waals surface area contributed by atoms with Gasteiger partial charge in [-0.25, -0.2) is 4.98 Å². The zero-order valence-electron chi connectivity index (χ0n) is 15.2. The van der Waals surface area contributed by atoms with Crippen LogP contribution in [0.2, 0.25) is 0 Å². The van der Waals surface area contributed by atoms with Gasteiger partial charge in [-0.2, -0.15) is 0 Å². The standard InChI is InChI=1S/C19H27N3OS2/c1-13(2)19-21-14(3)17(25-19)18(23)20-10-15-6-4-8-22(11-15)12-16-7-5-9-24-16/h5,7,9,13,15H,4,6,8,10-12H2,1-3H3,(H,20,23). The van der Waals surface area contributed by atoms with E-state index in [4.69, 9.17) is 0 Å². The minimum atomic E-state index is 0.0391. The van der Waals surface area contributed by atoms with Gasteiger partial charge >= 0.3 is 0 Å². The molecule has 1 atom stereocenters. The van der Waals surface area contributed by atoms with Gasteiger partial charge in [-0.15, -0.1) is 22.7 Å². The number of hydrogen-bond acceptors (Lipinski definition) is 5. The average molecular weight is 378 g/mol. The van der Waals surface area contributed by atoms with Crippen molar-refractivity contribution in [1.29, 1.82) is 0 Å². The van der Waals surface area contributed by atoms with Crippen LogP contribution in [0.3, 0.4) is 0 Å². The fraction of sp³-hybridized carbons (Fsp3) is 0.579. The lowest BCUT2D eigenvalue weighted by Crippen LogP contribution is -2.40. The molecule has 1 unspecified atom stereocenters. The topological polar surface area (TPSA) is 45.2 Å². The second-order valence-corrected chi connectivity index (χ2v) is 9.22. The molecule has 0 bridgehead atoms. The van der Waals surface area contributed by atoms with Gasteiger partial charge in [0, 0.05) is 30.4 Å². The van der Waals surface area contributed by atoms with Gasteiger partial charge in [-0.1, -0.05) is 19.9 Å². The first-order valence-electron chi connectivity index (χ1n) is 9.03. The van der Waals surface area contributed by atoms with Crippen molar-refractivity contribution in [2.75, 3.05) is 19.6 Å². The Morgan fingerprint density at radius 3 is 3.00 bits per heavy atom. The third-order valence-electron chi connectivity index (χ3n) is 4.63. The van der Waals surface area contributed by atoms with E-state index in [1.54, 1.807) is 0 Å². The van der Waals surface area contributed by atoms with Crippen LogP contribution in [0, 0.1) is 12.8 Å². The second kappa shape index (κ2) is 8.43. The summed E-state index contributed by atoms with van der Waals surface area (Å²) in [4.78, 5) is 21.8. The summed E-state index contributed by atoms with van der Waals surface area (Å²) in [6, 6.07) is 4.32. The SMILES string of the molecule is Cc1nc(C(C)C)sc1C(=O)NCC1CCCN(Cc2cccs2)C1. The zero-order chi connectivity index (χ0) is 17.8. The number of amides is 1. The van der Waals surface area contributed by atoms with Crippen LogP contribution in [0.5, 0.6) is 0 Å². The molecule has 1 aliphatic rings. The average Bonchev–Trinajstić information content (AvgIpc) is 3.22. The van der Waals surface area contributed by atoms with Crippen molar-refractivity contribution < 1.29 is 4.79 Å². The quantitative estimate of drug-likeness (QED) is 0.817. The molecular formula is C19H27N3OS2. The third kappa shape index (κ3) is 4.90. The number of likely N-dealkylation sites (tertiary alicyclic amines) is 1. The second-order valence-electron chi connectivity index (χ2n) is 7.15. The summed E-state index contributed by atoms with van der Waals surface area (Å²) in [7, 11) is 0. The third-order valence-corrected chi connectivity index (χ3v) is 6.95. The molecule has 3 rings (SSSR count). The van der Waals surface area contributed by atoms with Crippen LogP contribution in [0.25, 0.3) is 0 Å². The molecule has 3 heterocycles. The lowest BCUT2D eigenvalue weighted by Gasteiger charge is -2.32. The highest BCUT2D eigenvalue weighted by atomic mass is 32.1. The number of thiazole rings is 1. The molecule has 0 aliphatic carbocycles. The van der Waals surface area contributed by atoms with E-state index in [9.17, 15) is 4.79 Å². The first-order chi connectivity index (χ1) is 12.0. The molecule has 2 aromatic rings. The number of hydrogen-bond donors (Lipinski definition) is 1. The van der Waals surface area contributed by atoms with Crippen molar-refractivity contribution in [3.63, 3.8) is 0 Å². The van der Waals surface area contributed by atoms with Crippen molar-refractivity contribution in [2.45, 2.75) is 46.1 Å². The van der Waals surface area contributed by atoms with E-state index in [1.165, 1.54) is 29.1 Å². The molecule has 2 aromatic heterocycles. The van der Waals surface area contributed by atoms with Gasteiger partial charge in [-0.3, -0.25) is 9.69 Å². The van der Waals surface area contributed by atoms with E-state index in [0.29, 0.717) is 11.8 Å². The Bertz CT molecular complexity index is 694. The maximum Gasteiger partial charge on any atom is 0.263 e. The monoisotopic (exact) mass is 377 g/mol. The van der Waals surface area contributed by atoms with Crippen molar-refractivity contribution in [2.24, 2.45) is 5.92 Å². The maximum atomic E-state index is 12.5. The lowest BCUT2D eigenvalue weighted by atomic mass is 9.98. The number of rotatable bonds is 6. The Balaban J connectivity index is 1.51. The maximum absolute atomic E-state index is 12.5. The molecule has 1 saturated heterocycles. The van der Waals surface area contributed by atoms with E-state index in [2.05, 4.69) is 46.6 Å². The highest BCUT2D eigenvalue weighted by Crippen LogP contribution is 2.25. The van der Waals surface area contributed by atoms with E-state index in [1.807, 2.05) is 18.3 Å². The van der Waals surface area contributed by atoms with Crippen LogP contribution < -0.4 is 5.32 Å². The molecular weight excluding hydrogens is 350 g/mol. The van der Waals surface area contributed by atoms with Crippen LogP contribution in [0.4, 0.5) is 0 Å². The Hall–Kier alpha value is -1.24. The summed E-state index contributed by atoms with van der Waals surface area (Å²) in [5.74, 6) is 0.946. The molecule has 0 spiro atoms. The molecule has 4 nitrogen and oxygen atoms in total. The molecule has 0 aromatic carbocycles. The minimum absolute atomic E-state index is 0.0391. The van der Waals surface area contributed by atoms with Gasteiger partial charge < -0.3 is 5.32 Å². The smallest absolute Gasteiger partial charge is 0.263 e. The van der Waals surface area contributed by atoms with Gasteiger partial charge in [-0.05, 0) is 43.7 Å². The number of carbonyl (C=O) groups excluding carboxylic acids is 1. The minimum Gasteiger partial charge on any atom is -0.351 e. The summed E-state index contributed by atoms with van der Waals surface area (Å²) in [5.41, 5.74) is 0.856. The first kappa shape index (κ1) is 18.5. The molecule has 1 fully saturated rings. The number of nitrogens with zero attached hydrogens (tertiary/aromatic N) is 2. The van der Waals surface area contributed by atoms with Crippen LogP contribution in [-0.4, -0.2) is 35.4 Å². The van der Waals surface area contributed by atoms with Gasteiger partial charge in [0.15, 0.2) is 0 Å². The fourth-order valence-electron chi connectivity index (χ4n) is 3.28. The van der Waals surface area contributed by atoms with Crippen LogP contribution >= 0.6 is 22.7 Å². The van der Waals surface area contributed by atoms with Gasteiger partial charge in [0.1, 0.15) is 4.88 Å². The van der Waals surface area contributed by atoms with Gasteiger partial charge in [0.05, 0.1) is 10.7 Å². The summed E-state index contributed by atoms with van der Waals surface area (Å²) in [6.07, 6.45) is 2.41. The normalized spacial score (nSPS) is 18.6. The summed E-state index contributed by atoms with van der Waals surface area (Å²) < 4.78 is 0. The van der Waals surface area contributed by atoms with Gasteiger partial charge in [0.25, 0.3) is 5.91 Å². The molecule has 0 radical (unpaired) electrons. The van der Waals surface area contributed by atoms with Crippen molar-refractivity contribution in [1.82, 2.24) is 15.2 Å². The largest absolute Gasteiger partial charge is 0.351 e. The molecule has 1 aliphatic heterocycles. The van der Waals surface area contributed by atoms with Gasteiger partial charge in [0.2, 0.25) is 0 Å². The van der Waals surface area contributed by atoms with Crippen molar-refractivity contribution >= 4 is 28.6 Å². The number of aryl methyl sites for hydroxylation is 1. The molecule has 1 amide bonds. The molecule has 136 valence electrons. The zero-order valence-corrected chi connectivity index (χ0v) is 16.9. The highest BCUT2D eigenvalue weighted by Gasteiger charge is 2.22. The number of thiophene rings is 1. The van der Waals surface area contributed by atoms with E-state index in [-0.39, 0.29) is 5.91 Å². The predicted molar refractivity (Wildman–Crippen MR) is 106 cm³/mol. The van der Waals surface area contributed by atoms with Crippen LogP contribution in [-0.2, 0) is 6.54 Å². The first-order valence-corrected chi connectivity index (χ1v) is 10.7. The fourth-order valence-corrected chi connectivity index (χ4v) is 5.01. The van der Waals surface area contributed by atoms with Crippen molar-refractivity contribution in [3.8, 4) is 0 Å². The van der Waals surface area contributed by atoms with E-state index >= 15 is 0 Å². The number of piperidine rings is 1. The Morgan fingerprint density at radius 2 is 2.32 bits per heavy atom. The lowest BCUT2D eigenvalue weighted by molar-refractivity contribution is 0.0934. The van der Waals surface area contributed by atoms with Crippen LogP contribution in [0.1, 0.15) is 57.9 Å². The van der Waals surface area contributed by atoms with E-state index < -0.39 is 0 Å². The number of carbonyl (C=O) groups is 1. The predicted octanol–water partition coefficient (Wildman–Crippen LogP) is 4.28. The molecule has 25 heavy (non-hydrogen) atoms. The molecule has 6 heteroatoms. The molecule has 0 saturated carbocycles. The summed E-state index contributed by atoms with van der Waals surface area (Å²) in [6.45, 7) is 10.2. The Morgan fingerprint density at radius 1 is 1.48 bits per heavy atom. The van der Waals surface area contributed by atoms with Crippen molar-refractivity contribution in [3.05, 3.63) is 38.0 Å². The highest BCUT2D eigenvalue weighted by molar-refractivity contribution is 7.13.